The Bertz CT molecular complexity index is 646. The number of nitrogens with zero attached hydrogens (tertiary/aromatic N) is 2. The molecule has 2 aromatic rings. The number of anilines is 2. The number of nitrogen functional groups attached to an aromatic ring is 1. The monoisotopic (exact) mass is 258 g/mol. The lowest BCUT2D eigenvalue weighted by molar-refractivity contribution is -0.116. The van der Waals surface area contributed by atoms with E-state index in [2.05, 4.69) is 10.3 Å². The maximum absolute atomic E-state index is 11.8. The summed E-state index contributed by atoms with van der Waals surface area (Å²) in [5.41, 5.74) is 7.18. The van der Waals surface area contributed by atoms with Crippen LogP contribution in [0.5, 0.6) is 0 Å². The number of aromatic nitrogens is 2. The van der Waals surface area contributed by atoms with Crippen LogP contribution in [-0.2, 0) is 11.3 Å². The van der Waals surface area contributed by atoms with Gasteiger partial charge in [-0.05, 0) is 36.8 Å². The molecule has 1 aromatic carbocycles. The summed E-state index contributed by atoms with van der Waals surface area (Å²) in [6, 6.07) is 6.78. The van der Waals surface area contributed by atoms with Crippen molar-refractivity contribution in [2.75, 3.05) is 11.1 Å². The van der Waals surface area contributed by atoms with Gasteiger partial charge in [-0.3, -0.25) is 9.36 Å². The molecule has 1 heterocycles. The molecule has 19 heavy (non-hydrogen) atoms. The number of amides is 1. The second-order valence-corrected chi connectivity index (χ2v) is 4.21. The molecule has 2 rings (SSSR count). The van der Waals surface area contributed by atoms with E-state index in [4.69, 9.17) is 5.73 Å². The number of aryl methyl sites for hydroxylation is 1. The van der Waals surface area contributed by atoms with Gasteiger partial charge >= 0.3 is 5.69 Å². The lowest BCUT2D eigenvalue weighted by Crippen LogP contribution is -2.28. The van der Waals surface area contributed by atoms with Crippen molar-refractivity contribution in [3.8, 4) is 0 Å². The summed E-state index contributed by atoms with van der Waals surface area (Å²) in [6.45, 7) is 1.73. The quantitative estimate of drug-likeness (QED) is 0.796. The number of nitrogens with two attached hydrogens (primary N) is 1. The van der Waals surface area contributed by atoms with Crippen LogP contribution in [0.15, 0.2) is 41.5 Å². The largest absolute Gasteiger partial charge is 0.399 e. The van der Waals surface area contributed by atoms with Gasteiger partial charge in [0.15, 0.2) is 0 Å². The minimum Gasteiger partial charge on any atom is -0.399 e. The molecule has 0 bridgehead atoms. The van der Waals surface area contributed by atoms with Crippen LogP contribution in [0, 0.1) is 6.92 Å². The highest BCUT2D eigenvalue weighted by atomic mass is 16.2. The molecule has 0 saturated carbocycles. The van der Waals surface area contributed by atoms with Gasteiger partial charge in [0, 0.05) is 23.8 Å². The number of benzene rings is 1. The van der Waals surface area contributed by atoms with Crippen LogP contribution in [0.1, 0.15) is 5.56 Å². The van der Waals surface area contributed by atoms with E-state index < -0.39 is 5.69 Å². The second-order valence-electron chi connectivity index (χ2n) is 4.21. The van der Waals surface area contributed by atoms with E-state index in [1.807, 2.05) is 0 Å². The Kier molecular flexibility index (Phi) is 3.61. The molecule has 98 valence electrons. The van der Waals surface area contributed by atoms with Crippen molar-refractivity contribution in [1.29, 1.82) is 0 Å². The van der Waals surface area contributed by atoms with Gasteiger partial charge in [-0.1, -0.05) is 0 Å². The van der Waals surface area contributed by atoms with Crippen molar-refractivity contribution in [1.82, 2.24) is 9.55 Å². The highest BCUT2D eigenvalue weighted by molar-refractivity contribution is 5.90. The summed E-state index contributed by atoms with van der Waals surface area (Å²) < 4.78 is 1.27. The molecular formula is C13H14N4O2. The van der Waals surface area contributed by atoms with Gasteiger partial charge in [-0.15, -0.1) is 0 Å². The van der Waals surface area contributed by atoms with E-state index in [9.17, 15) is 9.59 Å². The first-order valence-corrected chi connectivity index (χ1v) is 5.73. The predicted octanol–water partition coefficient (Wildman–Crippen LogP) is 0.773. The summed E-state index contributed by atoms with van der Waals surface area (Å²) in [5, 5.41) is 2.68. The molecule has 6 nitrogen and oxygen atoms in total. The Morgan fingerprint density at radius 2 is 2.05 bits per heavy atom. The zero-order valence-corrected chi connectivity index (χ0v) is 10.5. The SMILES string of the molecule is Cc1cnc(=O)n(CC(=O)Nc2ccc(N)cc2)c1. The smallest absolute Gasteiger partial charge is 0.347 e. The first-order chi connectivity index (χ1) is 9.04. The van der Waals surface area contributed by atoms with Crippen LogP contribution in [0.25, 0.3) is 0 Å². The lowest BCUT2D eigenvalue weighted by Gasteiger charge is -2.07. The average molecular weight is 258 g/mol. The van der Waals surface area contributed by atoms with Crippen LogP contribution < -0.4 is 16.7 Å². The van der Waals surface area contributed by atoms with Crippen LogP contribution in [0.4, 0.5) is 11.4 Å². The molecule has 0 aliphatic carbocycles. The van der Waals surface area contributed by atoms with Gasteiger partial charge < -0.3 is 11.1 Å². The van der Waals surface area contributed by atoms with Gasteiger partial charge in [0.1, 0.15) is 6.54 Å². The molecule has 1 amide bonds. The third kappa shape index (κ3) is 3.41. The van der Waals surface area contributed by atoms with E-state index in [0.29, 0.717) is 11.4 Å². The summed E-state index contributed by atoms with van der Waals surface area (Å²) in [4.78, 5) is 26.9. The zero-order valence-electron chi connectivity index (χ0n) is 10.5. The number of hydrogen-bond donors (Lipinski definition) is 2. The molecule has 0 aliphatic heterocycles. The summed E-state index contributed by atoms with van der Waals surface area (Å²) >= 11 is 0. The van der Waals surface area contributed by atoms with Crippen molar-refractivity contribution in [2.45, 2.75) is 13.5 Å². The van der Waals surface area contributed by atoms with Gasteiger partial charge in [0.2, 0.25) is 5.91 Å². The minimum atomic E-state index is -0.446. The molecule has 0 unspecified atom stereocenters. The first-order valence-electron chi connectivity index (χ1n) is 5.73. The first kappa shape index (κ1) is 12.8. The molecule has 0 spiro atoms. The van der Waals surface area contributed by atoms with Gasteiger partial charge in [-0.2, -0.15) is 0 Å². The highest BCUT2D eigenvalue weighted by Crippen LogP contribution is 2.10. The molecule has 3 N–H and O–H groups in total. The van der Waals surface area contributed by atoms with Crippen molar-refractivity contribution in [3.05, 3.63) is 52.7 Å². The van der Waals surface area contributed by atoms with Crippen molar-refractivity contribution < 1.29 is 4.79 Å². The number of rotatable bonds is 3. The van der Waals surface area contributed by atoms with Crippen LogP contribution in [-0.4, -0.2) is 15.5 Å². The number of nitrogens with one attached hydrogen (secondary N) is 1. The summed E-state index contributed by atoms with van der Waals surface area (Å²) in [6.07, 6.45) is 3.06. The number of carbonyl (C=O) groups excluding carboxylic acids is 1. The molecule has 0 saturated heterocycles. The fourth-order valence-electron chi connectivity index (χ4n) is 1.60. The maximum atomic E-state index is 11.8. The minimum absolute atomic E-state index is 0.0715. The number of carbonyl (C=O) groups is 1. The van der Waals surface area contributed by atoms with Crippen LogP contribution >= 0.6 is 0 Å². The Hall–Kier alpha value is -2.63. The van der Waals surface area contributed by atoms with Crippen LogP contribution in [0.2, 0.25) is 0 Å². The van der Waals surface area contributed by atoms with E-state index in [-0.39, 0.29) is 12.5 Å². The molecular weight excluding hydrogens is 244 g/mol. The van der Waals surface area contributed by atoms with E-state index >= 15 is 0 Å². The Balaban J connectivity index is 2.07. The molecule has 0 aliphatic rings. The molecule has 0 atom stereocenters. The van der Waals surface area contributed by atoms with Crippen molar-refractivity contribution >= 4 is 17.3 Å². The molecule has 0 radical (unpaired) electrons. The number of hydrogen-bond acceptors (Lipinski definition) is 4. The average Bonchev–Trinajstić information content (AvgIpc) is 2.37. The van der Waals surface area contributed by atoms with E-state index in [1.54, 1.807) is 37.4 Å². The lowest BCUT2D eigenvalue weighted by atomic mass is 10.3. The maximum Gasteiger partial charge on any atom is 0.347 e. The van der Waals surface area contributed by atoms with E-state index in [1.165, 1.54) is 10.8 Å². The Morgan fingerprint density at radius 3 is 2.74 bits per heavy atom. The standard InChI is InChI=1S/C13H14N4O2/c1-9-6-15-13(19)17(7-9)8-12(18)16-11-4-2-10(14)3-5-11/h2-7H,8,14H2,1H3,(H,16,18). The predicted molar refractivity (Wildman–Crippen MR) is 72.7 cm³/mol. The van der Waals surface area contributed by atoms with E-state index in [0.717, 1.165) is 5.56 Å². The normalized spacial score (nSPS) is 10.2. The second kappa shape index (κ2) is 5.34. The third-order valence-electron chi connectivity index (χ3n) is 2.49. The fraction of sp³-hybridized carbons (Fsp3) is 0.154. The highest BCUT2D eigenvalue weighted by Gasteiger charge is 2.05. The Morgan fingerprint density at radius 1 is 1.37 bits per heavy atom. The fourth-order valence-corrected chi connectivity index (χ4v) is 1.60. The van der Waals surface area contributed by atoms with Gasteiger partial charge in [-0.25, -0.2) is 9.78 Å². The zero-order chi connectivity index (χ0) is 13.8. The molecule has 0 fully saturated rings. The molecule has 6 heteroatoms. The van der Waals surface area contributed by atoms with Gasteiger partial charge in [0.05, 0.1) is 0 Å². The van der Waals surface area contributed by atoms with Crippen molar-refractivity contribution in [3.63, 3.8) is 0 Å². The van der Waals surface area contributed by atoms with Gasteiger partial charge in [0.25, 0.3) is 0 Å². The molecule has 1 aromatic heterocycles. The third-order valence-corrected chi connectivity index (χ3v) is 2.49. The summed E-state index contributed by atoms with van der Waals surface area (Å²) in [7, 11) is 0. The Labute approximate surface area is 109 Å². The summed E-state index contributed by atoms with van der Waals surface area (Å²) in [5.74, 6) is -0.292. The van der Waals surface area contributed by atoms with Crippen LogP contribution in [0.3, 0.4) is 0 Å². The topological polar surface area (TPSA) is 90.0 Å². The van der Waals surface area contributed by atoms with Crippen molar-refractivity contribution in [2.24, 2.45) is 0 Å².